The minimum atomic E-state index is -1.10. The third-order valence-corrected chi connectivity index (χ3v) is 2.15. The quantitative estimate of drug-likeness (QED) is 0.735. The zero-order valence-corrected chi connectivity index (χ0v) is 8.98. The molecule has 0 bridgehead atoms. The number of carbonyl (C=O) groups is 2. The molecule has 1 aromatic rings. The predicted molar refractivity (Wildman–Crippen MR) is 54.4 cm³/mol. The van der Waals surface area contributed by atoms with Crippen molar-refractivity contribution < 1.29 is 19.2 Å². The summed E-state index contributed by atoms with van der Waals surface area (Å²) in [7, 11) is 0. The molecular formula is C10H12N2O4. The van der Waals surface area contributed by atoms with Gasteiger partial charge in [-0.05, 0) is 13.8 Å². The van der Waals surface area contributed by atoms with E-state index in [2.05, 4.69) is 15.0 Å². The summed E-state index contributed by atoms with van der Waals surface area (Å²) >= 11 is 0. The average molecular weight is 224 g/mol. The molecule has 1 aromatic heterocycles. The standard InChI is InChI=1S/C10H12N2O4/c1-6(7(2)10(14)15)9(13)11-5-8-3-4-16-12-8/h3-4H,5H2,1-2H3,(H,11,13)(H,14,15)/b7-6+. The highest BCUT2D eigenvalue weighted by Gasteiger charge is 2.12. The summed E-state index contributed by atoms with van der Waals surface area (Å²) < 4.78 is 4.59. The van der Waals surface area contributed by atoms with E-state index in [9.17, 15) is 9.59 Å². The number of hydrogen-bond donors (Lipinski definition) is 2. The maximum atomic E-state index is 11.5. The van der Waals surface area contributed by atoms with Crippen LogP contribution in [0.3, 0.4) is 0 Å². The van der Waals surface area contributed by atoms with Gasteiger partial charge in [-0.3, -0.25) is 4.79 Å². The van der Waals surface area contributed by atoms with E-state index in [1.165, 1.54) is 20.1 Å². The van der Waals surface area contributed by atoms with Crippen LogP contribution in [0.4, 0.5) is 0 Å². The molecule has 0 saturated carbocycles. The lowest BCUT2D eigenvalue weighted by atomic mass is 10.1. The van der Waals surface area contributed by atoms with E-state index in [0.29, 0.717) is 5.69 Å². The van der Waals surface area contributed by atoms with Gasteiger partial charge in [0, 0.05) is 17.2 Å². The molecule has 0 unspecified atom stereocenters. The van der Waals surface area contributed by atoms with E-state index in [1.807, 2.05) is 0 Å². The lowest BCUT2D eigenvalue weighted by molar-refractivity contribution is -0.133. The Hall–Kier alpha value is -2.11. The maximum Gasteiger partial charge on any atom is 0.331 e. The van der Waals surface area contributed by atoms with Gasteiger partial charge in [0.25, 0.3) is 0 Å². The van der Waals surface area contributed by atoms with E-state index < -0.39 is 11.9 Å². The number of carboxylic acids is 1. The number of rotatable bonds is 4. The summed E-state index contributed by atoms with van der Waals surface area (Å²) in [5.41, 5.74) is 0.780. The zero-order chi connectivity index (χ0) is 12.1. The normalized spacial score (nSPS) is 11.9. The molecule has 16 heavy (non-hydrogen) atoms. The molecule has 1 rings (SSSR count). The molecule has 0 spiro atoms. The summed E-state index contributed by atoms with van der Waals surface area (Å²) in [6.45, 7) is 3.05. The summed E-state index contributed by atoms with van der Waals surface area (Å²) in [6.07, 6.45) is 1.40. The van der Waals surface area contributed by atoms with Gasteiger partial charge in [0.1, 0.15) is 12.0 Å². The Morgan fingerprint density at radius 1 is 1.44 bits per heavy atom. The fourth-order valence-electron chi connectivity index (χ4n) is 0.963. The van der Waals surface area contributed by atoms with Gasteiger partial charge in [-0.15, -0.1) is 0 Å². The Balaban J connectivity index is 2.59. The van der Waals surface area contributed by atoms with Gasteiger partial charge < -0.3 is 14.9 Å². The largest absolute Gasteiger partial charge is 0.478 e. The van der Waals surface area contributed by atoms with Crippen molar-refractivity contribution in [3.63, 3.8) is 0 Å². The number of carbonyl (C=O) groups excluding carboxylic acids is 1. The second kappa shape index (κ2) is 5.11. The smallest absolute Gasteiger partial charge is 0.331 e. The number of nitrogens with one attached hydrogen (secondary N) is 1. The number of hydrogen-bond acceptors (Lipinski definition) is 4. The highest BCUT2D eigenvalue weighted by atomic mass is 16.5. The lowest BCUT2D eigenvalue weighted by Gasteiger charge is -2.04. The lowest BCUT2D eigenvalue weighted by Crippen LogP contribution is -2.25. The SMILES string of the molecule is C/C(C(=O)O)=C(/C)C(=O)NCc1ccon1. The van der Waals surface area contributed by atoms with E-state index in [-0.39, 0.29) is 17.7 Å². The van der Waals surface area contributed by atoms with Crippen LogP contribution >= 0.6 is 0 Å². The highest BCUT2D eigenvalue weighted by Crippen LogP contribution is 2.04. The van der Waals surface area contributed by atoms with Crippen molar-refractivity contribution in [2.45, 2.75) is 20.4 Å². The Kier molecular flexibility index (Phi) is 3.82. The van der Waals surface area contributed by atoms with Crippen LogP contribution in [0.25, 0.3) is 0 Å². The topological polar surface area (TPSA) is 92.4 Å². The molecule has 0 aliphatic rings. The molecule has 6 heteroatoms. The van der Waals surface area contributed by atoms with Crippen molar-refractivity contribution >= 4 is 11.9 Å². The van der Waals surface area contributed by atoms with Crippen LogP contribution in [0.5, 0.6) is 0 Å². The fraction of sp³-hybridized carbons (Fsp3) is 0.300. The van der Waals surface area contributed by atoms with Crippen molar-refractivity contribution in [3.8, 4) is 0 Å². The Morgan fingerprint density at radius 2 is 2.12 bits per heavy atom. The maximum absolute atomic E-state index is 11.5. The summed E-state index contributed by atoms with van der Waals surface area (Å²) in [5, 5.41) is 14.8. The molecule has 0 aromatic carbocycles. The number of amides is 1. The molecule has 2 N–H and O–H groups in total. The minimum absolute atomic E-state index is 0.0256. The average Bonchev–Trinajstić information content (AvgIpc) is 2.76. The van der Waals surface area contributed by atoms with Gasteiger partial charge >= 0.3 is 5.97 Å². The van der Waals surface area contributed by atoms with Gasteiger partial charge in [-0.1, -0.05) is 5.16 Å². The minimum Gasteiger partial charge on any atom is -0.478 e. The van der Waals surface area contributed by atoms with Crippen LogP contribution in [0, 0.1) is 0 Å². The van der Waals surface area contributed by atoms with Gasteiger partial charge in [0.2, 0.25) is 5.91 Å². The van der Waals surface area contributed by atoms with Crippen molar-refractivity contribution in [1.82, 2.24) is 10.5 Å². The predicted octanol–water partition coefficient (Wildman–Crippen LogP) is 0.712. The monoisotopic (exact) mass is 224 g/mol. The molecule has 0 aliphatic carbocycles. The van der Waals surface area contributed by atoms with Gasteiger partial charge in [-0.25, -0.2) is 4.79 Å². The Bertz CT molecular complexity index is 420. The van der Waals surface area contributed by atoms with Crippen molar-refractivity contribution in [2.24, 2.45) is 0 Å². The molecule has 0 atom stereocenters. The first kappa shape index (κ1) is 12.0. The van der Waals surface area contributed by atoms with Crippen molar-refractivity contribution in [2.75, 3.05) is 0 Å². The van der Waals surface area contributed by atoms with Crippen molar-refractivity contribution in [3.05, 3.63) is 29.2 Å². The Labute approximate surface area is 91.9 Å². The van der Waals surface area contributed by atoms with E-state index in [4.69, 9.17) is 5.11 Å². The Morgan fingerprint density at radius 3 is 2.62 bits per heavy atom. The number of nitrogens with zero attached hydrogens (tertiary/aromatic N) is 1. The van der Waals surface area contributed by atoms with Crippen molar-refractivity contribution in [1.29, 1.82) is 0 Å². The molecule has 6 nitrogen and oxygen atoms in total. The third kappa shape index (κ3) is 2.94. The number of carboxylic acid groups (broad SMARTS) is 1. The van der Waals surface area contributed by atoms with Crippen LogP contribution in [0.15, 0.2) is 28.0 Å². The first-order valence-electron chi connectivity index (χ1n) is 4.60. The first-order chi connectivity index (χ1) is 7.52. The molecule has 0 aliphatic heterocycles. The molecule has 0 saturated heterocycles. The van der Waals surface area contributed by atoms with Gasteiger partial charge in [0.05, 0.1) is 6.54 Å². The molecule has 1 amide bonds. The van der Waals surface area contributed by atoms with Gasteiger partial charge in [0.15, 0.2) is 0 Å². The zero-order valence-electron chi connectivity index (χ0n) is 8.98. The molecule has 86 valence electrons. The van der Waals surface area contributed by atoms with Crippen LogP contribution in [-0.4, -0.2) is 22.1 Å². The number of aliphatic carboxylic acids is 1. The molecule has 1 heterocycles. The third-order valence-electron chi connectivity index (χ3n) is 2.15. The van der Waals surface area contributed by atoms with E-state index >= 15 is 0 Å². The van der Waals surface area contributed by atoms with E-state index in [1.54, 1.807) is 6.07 Å². The second-order valence-electron chi connectivity index (χ2n) is 3.23. The molecule has 0 radical (unpaired) electrons. The van der Waals surface area contributed by atoms with Crippen LogP contribution in [0.1, 0.15) is 19.5 Å². The fourth-order valence-corrected chi connectivity index (χ4v) is 0.963. The summed E-state index contributed by atoms with van der Waals surface area (Å²) in [4.78, 5) is 22.1. The van der Waals surface area contributed by atoms with Crippen LogP contribution in [0.2, 0.25) is 0 Å². The van der Waals surface area contributed by atoms with Crippen LogP contribution in [-0.2, 0) is 16.1 Å². The summed E-state index contributed by atoms with van der Waals surface area (Å²) in [5.74, 6) is -1.53. The molecule has 0 fully saturated rings. The summed E-state index contributed by atoms with van der Waals surface area (Å²) in [6, 6.07) is 1.61. The van der Waals surface area contributed by atoms with E-state index in [0.717, 1.165) is 0 Å². The van der Waals surface area contributed by atoms with Crippen LogP contribution < -0.4 is 5.32 Å². The first-order valence-corrected chi connectivity index (χ1v) is 4.60. The second-order valence-corrected chi connectivity index (χ2v) is 3.23. The molecular weight excluding hydrogens is 212 g/mol. The number of aromatic nitrogens is 1. The van der Waals surface area contributed by atoms with Gasteiger partial charge in [-0.2, -0.15) is 0 Å². The highest BCUT2D eigenvalue weighted by molar-refractivity contribution is 6.01.